The molecule has 2 aromatic carbocycles. The Balaban J connectivity index is 2.03. The maximum atomic E-state index is 12.4. The van der Waals surface area contributed by atoms with Gasteiger partial charge >= 0.3 is 0 Å². The zero-order valence-electron chi connectivity index (χ0n) is 12.9. The lowest BCUT2D eigenvalue weighted by Crippen LogP contribution is -2.37. The number of hydrogen-bond acceptors (Lipinski definition) is 3. The van der Waals surface area contributed by atoms with E-state index in [0.717, 1.165) is 5.69 Å². The molecule has 0 saturated carbocycles. The molecule has 0 saturated heterocycles. The van der Waals surface area contributed by atoms with E-state index in [9.17, 15) is 9.59 Å². The molecule has 0 aliphatic rings. The molecule has 0 spiro atoms. The van der Waals surface area contributed by atoms with Crippen molar-refractivity contribution < 1.29 is 14.3 Å². The van der Waals surface area contributed by atoms with Crippen molar-refractivity contribution in [1.29, 1.82) is 0 Å². The first-order valence-electron chi connectivity index (χ1n) is 7.09. The first kappa shape index (κ1) is 15.8. The summed E-state index contributed by atoms with van der Waals surface area (Å²) in [5, 5.41) is 0. The Hall–Kier alpha value is -2.62. The van der Waals surface area contributed by atoms with Crippen LogP contribution in [-0.2, 0) is 4.79 Å². The monoisotopic (exact) mass is 297 g/mol. The number of para-hydroxylation sites is 1. The fourth-order valence-corrected chi connectivity index (χ4v) is 2.07. The molecule has 1 unspecified atom stereocenters. The molecule has 2 rings (SSSR count). The zero-order chi connectivity index (χ0) is 16.1. The van der Waals surface area contributed by atoms with Crippen LogP contribution in [0.3, 0.4) is 0 Å². The molecule has 0 aromatic heterocycles. The molecule has 22 heavy (non-hydrogen) atoms. The normalized spacial score (nSPS) is 11.6. The summed E-state index contributed by atoms with van der Waals surface area (Å²) >= 11 is 0. The second-order valence-corrected chi connectivity index (χ2v) is 5.07. The minimum atomic E-state index is -0.617. The van der Waals surface area contributed by atoms with Crippen LogP contribution in [-0.4, -0.2) is 24.8 Å². The largest absolute Gasteiger partial charge is 0.481 e. The van der Waals surface area contributed by atoms with Crippen LogP contribution >= 0.6 is 0 Å². The minimum Gasteiger partial charge on any atom is -0.481 e. The molecule has 4 nitrogen and oxygen atoms in total. The lowest BCUT2D eigenvalue weighted by atomic mass is 10.1. The summed E-state index contributed by atoms with van der Waals surface area (Å²) < 4.78 is 5.65. The van der Waals surface area contributed by atoms with E-state index in [-0.39, 0.29) is 11.7 Å². The van der Waals surface area contributed by atoms with Gasteiger partial charge in [-0.2, -0.15) is 0 Å². The van der Waals surface area contributed by atoms with Gasteiger partial charge in [-0.3, -0.25) is 9.59 Å². The van der Waals surface area contributed by atoms with Gasteiger partial charge in [0.1, 0.15) is 5.75 Å². The Labute approximate surface area is 130 Å². The van der Waals surface area contributed by atoms with Crippen LogP contribution in [0.2, 0.25) is 0 Å². The maximum absolute atomic E-state index is 12.4. The van der Waals surface area contributed by atoms with Crippen LogP contribution < -0.4 is 9.64 Å². The van der Waals surface area contributed by atoms with Crippen molar-refractivity contribution in [3.63, 3.8) is 0 Å². The molecule has 4 heteroatoms. The highest BCUT2D eigenvalue weighted by molar-refractivity contribution is 5.96. The molecule has 1 amide bonds. The van der Waals surface area contributed by atoms with E-state index in [1.807, 2.05) is 30.3 Å². The summed E-state index contributed by atoms with van der Waals surface area (Å²) in [6.07, 6.45) is -0.617. The molecule has 0 aliphatic heterocycles. The predicted molar refractivity (Wildman–Crippen MR) is 86.4 cm³/mol. The first-order chi connectivity index (χ1) is 10.5. The molecule has 0 radical (unpaired) electrons. The van der Waals surface area contributed by atoms with Crippen LogP contribution in [0.15, 0.2) is 54.6 Å². The van der Waals surface area contributed by atoms with Gasteiger partial charge in [0.2, 0.25) is 0 Å². The molecule has 0 heterocycles. The average Bonchev–Trinajstić information content (AvgIpc) is 2.54. The number of rotatable bonds is 5. The van der Waals surface area contributed by atoms with Crippen LogP contribution in [0.25, 0.3) is 0 Å². The summed E-state index contributed by atoms with van der Waals surface area (Å²) in [6, 6.07) is 16.2. The molecule has 0 aliphatic carbocycles. The highest BCUT2D eigenvalue weighted by Crippen LogP contribution is 2.17. The average molecular weight is 297 g/mol. The van der Waals surface area contributed by atoms with Crippen molar-refractivity contribution in [1.82, 2.24) is 0 Å². The molecule has 0 N–H and O–H groups in total. The predicted octanol–water partition coefficient (Wildman–Crippen LogP) is 3.32. The molecule has 1 atom stereocenters. The number of carbonyl (C=O) groups excluding carboxylic acids is 2. The summed E-state index contributed by atoms with van der Waals surface area (Å²) in [6.45, 7) is 3.22. The Morgan fingerprint density at radius 1 is 1.00 bits per heavy atom. The van der Waals surface area contributed by atoms with Gasteiger partial charge in [0, 0.05) is 18.3 Å². The number of likely N-dealkylation sites (N-methyl/N-ethyl adjacent to an activating group) is 1. The van der Waals surface area contributed by atoms with Gasteiger partial charge in [-0.25, -0.2) is 0 Å². The Bertz CT molecular complexity index is 650. The summed E-state index contributed by atoms with van der Waals surface area (Å²) in [4.78, 5) is 25.2. The van der Waals surface area contributed by atoms with E-state index in [4.69, 9.17) is 4.74 Å². The highest BCUT2D eigenvalue weighted by atomic mass is 16.5. The van der Waals surface area contributed by atoms with Gasteiger partial charge in [0.15, 0.2) is 11.9 Å². The third-order valence-electron chi connectivity index (χ3n) is 3.40. The standard InChI is InChI=1S/C18H19NO3/c1-13(20)15-9-11-17(12-10-15)22-14(2)18(21)19(3)16-7-5-4-6-8-16/h4-12,14H,1-3H3. The smallest absolute Gasteiger partial charge is 0.267 e. The number of ketones is 1. The quantitative estimate of drug-likeness (QED) is 0.795. The van der Waals surface area contributed by atoms with Gasteiger partial charge in [0.05, 0.1) is 0 Å². The molecule has 2 aromatic rings. The number of nitrogens with zero attached hydrogens (tertiary/aromatic N) is 1. The summed E-state index contributed by atoms with van der Waals surface area (Å²) in [5.74, 6) is 0.425. The Kier molecular flexibility index (Phi) is 4.94. The van der Waals surface area contributed by atoms with Crippen molar-refractivity contribution in [3.8, 4) is 5.75 Å². The van der Waals surface area contributed by atoms with Crippen LogP contribution in [0, 0.1) is 0 Å². The molecule has 114 valence electrons. The second-order valence-electron chi connectivity index (χ2n) is 5.07. The third-order valence-corrected chi connectivity index (χ3v) is 3.40. The number of hydrogen-bond donors (Lipinski definition) is 0. The number of amides is 1. The lowest BCUT2D eigenvalue weighted by molar-refractivity contribution is -0.124. The fourth-order valence-electron chi connectivity index (χ4n) is 2.07. The number of ether oxygens (including phenoxy) is 1. The van der Waals surface area contributed by atoms with Gasteiger partial charge in [-0.15, -0.1) is 0 Å². The zero-order valence-corrected chi connectivity index (χ0v) is 12.9. The maximum Gasteiger partial charge on any atom is 0.267 e. The van der Waals surface area contributed by atoms with Gasteiger partial charge < -0.3 is 9.64 Å². The van der Waals surface area contributed by atoms with Crippen LogP contribution in [0.5, 0.6) is 5.75 Å². The third kappa shape index (κ3) is 3.73. The van der Waals surface area contributed by atoms with Crippen molar-refractivity contribution in [2.24, 2.45) is 0 Å². The lowest BCUT2D eigenvalue weighted by Gasteiger charge is -2.22. The minimum absolute atomic E-state index is 0.000476. The van der Waals surface area contributed by atoms with Crippen LogP contribution in [0.1, 0.15) is 24.2 Å². The van der Waals surface area contributed by atoms with Gasteiger partial charge in [-0.1, -0.05) is 18.2 Å². The second kappa shape index (κ2) is 6.89. The van der Waals surface area contributed by atoms with E-state index in [1.54, 1.807) is 43.1 Å². The van der Waals surface area contributed by atoms with Crippen LogP contribution in [0.4, 0.5) is 5.69 Å². The van der Waals surface area contributed by atoms with Crippen molar-refractivity contribution in [2.45, 2.75) is 20.0 Å². The summed E-state index contributed by atoms with van der Waals surface area (Å²) in [5.41, 5.74) is 1.43. The molecule has 0 bridgehead atoms. The summed E-state index contributed by atoms with van der Waals surface area (Å²) in [7, 11) is 1.72. The van der Waals surface area contributed by atoms with Crippen molar-refractivity contribution in [3.05, 3.63) is 60.2 Å². The van der Waals surface area contributed by atoms with Crippen molar-refractivity contribution >= 4 is 17.4 Å². The first-order valence-corrected chi connectivity index (χ1v) is 7.09. The van der Waals surface area contributed by atoms with E-state index >= 15 is 0 Å². The Morgan fingerprint density at radius 2 is 1.59 bits per heavy atom. The fraction of sp³-hybridized carbons (Fsp3) is 0.222. The topological polar surface area (TPSA) is 46.6 Å². The Morgan fingerprint density at radius 3 is 2.14 bits per heavy atom. The number of benzene rings is 2. The van der Waals surface area contributed by atoms with Gasteiger partial charge in [-0.05, 0) is 50.2 Å². The van der Waals surface area contributed by atoms with E-state index in [2.05, 4.69) is 0 Å². The SMILES string of the molecule is CC(=O)c1ccc(OC(C)C(=O)N(C)c2ccccc2)cc1. The number of anilines is 1. The van der Waals surface area contributed by atoms with E-state index in [1.165, 1.54) is 6.92 Å². The van der Waals surface area contributed by atoms with Gasteiger partial charge in [0.25, 0.3) is 5.91 Å². The molecular weight excluding hydrogens is 278 g/mol. The number of Topliss-reactive ketones (excluding diaryl/α,β-unsaturated/α-hetero) is 1. The van der Waals surface area contributed by atoms with Crippen molar-refractivity contribution in [2.75, 3.05) is 11.9 Å². The highest BCUT2D eigenvalue weighted by Gasteiger charge is 2.20. The van der Waals surface area contributed by atoms with E-state index < -0.39 is 6.10 Å². The number of carbonyl (C=O) groups is 2. The van der Waals surface area contributed by atoms with E-state index in [0.29, 0.717) is 11.3 Å². The molecule has 0 fully saturated rings. The molecular formula is C18H19NO3.